The van der Waals surface area contributed by atoms with Crippen LogP contribution in [-0.4, -0.2) is 24.7 Å². The van der Waals surface area contributed by atoms with Gasteiger partial charge in [-0.15, -0.1) is 12.3 Å². The summed E-state index contributed by atoms with van der Waals surface area (Å²) >= 11 is 0. The molecule has 0 atom stereocenters. The van der Waals surface area contributed by atoms with Crippen molar-refractivity contribution in [1.29, 1.82) is 0 Å². The first-order valence-electron chi connectivity index (χ1n) is 4.99. The van der Waals surface area contributed by atoms with E-state index in [4.69, 9.17) is 6.42 Å². The lowest BCUT2D eigenvalue weighted by molar-refractivity contribution is 0.559. The van der Waals surface area contributed by atoms with Gasteiger partial charge in [-0.1, -0.05) is 0 Å². The summed E-state index contributed by atoms with van der Waals surface area (Å²) in [6, 6.07) is 1.46. The van der Waals surface area contributed by atoms with Crippen molar-refractivity contribution in [3.63, 3.8) is 0 Å². The fourth-order valence-electron chi connectivity index (χ4n) is 1.26. The Morgan fingerprint density at radius 1 is 1.56 bits per heavy atom. The molecular weight excluding hydrogens is 226 g/mol. The zero-order valence-electron chi connectivity index (χ0n) is 9.18. The highest BCUT2D eigenvalue weighted by Gasteiger charge is 2.16. The van der Waals surface area contributed by atoms with E-state index < -0.39 is 10.0 Å². The molecule has 0 saturated carbocycles. The Morgan fingerprint density at radius 2 is 2.31 bits per heavy atom. The molecule has 1 N–H and O–H groups in total. The number of rotatable bonds is 6. The van der Waals surface area contributed by atoms with Crippen LogP contribution in [0.25, 0.3) is 0 Å². The van der Waals surface area contributed by atoms with Crippen LogP contribution in [-0.2, 0) is 17.1 Å². The zero-order valence-corrected chi connectivity index (χ0v) is 10.00. The van der Waals surface area contributed by atoms with Gasteiger partial charge in [0.25, 0.3) is 10.0 Å². The predicted molar refractivity (Wildman–Crippen MR) is 61.1 cm³/mol. The van der Waals surface area contributed by atoms with E-state index in [0.717, 1.165) is 12.8 Å². The van der Waals surface area contributed by atoms with Crippen LogP contribution in [0.2, 0.25) is 0 Å². The number of terminal acetylenes is 1. The Hall–Kier alpha value is -1.32. The van der Waals surface area contributed by atoms with Gasteiger partial charge in [-0.25, -0.2) is 13.1 Å². The number of aromatic nitrogens is 2. The van der Waals surface area contributed by atoms with Crippen LogP contribution < -0.4 is 4.72 Å². The summed E-state index contributed by atoms with van der Waals surface area (Å²) < 4.78 is 27.3. The molecule has 1 heterocycles. The molecular formula is C10H15N3O2S. The molecule has 0 unspecified atom stereocenters. The molecule has 0 saturated heterocycles. The summed E-state index contributed by atoms with van der Waals surface area (Å²) in [6.45, 7) is 0.398. The molecule has 0 bridgehead atoms. The molecule has 0 aromatic carbocycles. The van der Waals surface area contributed by atoms with Gasteiger partial charge in [0.1, 0.15) is 0 Å². The van der Waals surface area contributed by atoms with Gasteiger partial charge in [-0.2, -0.15) is 5.10 Å². The number of hydrogen-bond acceptors (Lipinski definition) is 3. The Kier molecular flexibility index (Phi) is 4.52. The smallest absolute Gasteiger partial charge is 0.256 e. The van der Waals surface area contributed by atoms with Crippen molar-refractivity contribution in [3.05, 3.63) is 12.3 Å². The van der Waals surface area contributed by atoms with Crippen molar-refractivity contribution in [1.82, 2.24) is 14.5 Å². The van der Waals surface area contributed by atoms with Crippen LogP contribution in [0.4, 0.5) is 0 Å². The number of unbranched alkanes of at least 4 members (excludes halogenated alkanes) is 2. The minimum Gasteiger partial charge on any atom is -0.256 e. The van der Waals surface area contributed by atoms with Gasteiger partial charge in [0.2, 0.25) is 0 Å². The van der Waals surface area contributed by atoms with E-state index in [1.807, 2.05) is 0 Å². The molecule has 16 heavy (non-hydrogen) atoms. The number of aryl methyl sites for hydroxylation is 1. The average Bonchev–Trinajstić information content (AvgIpc) is 2.65. The van der Waals surface area contributed by atoms with E-state index in [0.29, 0.717) is 13.0 Å². The summed E-state index contributed by atoms with van der Waals surface area (Å²) in [7, 11) is -1.85. The third-order valence-electron chi connectivity index (χ3n) is 2.09. The van der Waals surface area contributed by atoms with Crippen LogP contribution in [0.5, 0.6) is 0 Å². The van der Waals surface area contributed by atoms with Crippen molar-refractivity contribution < 1.29 is 8.42 Å². The van der Waals surface area contributed by atoms with E-state index in [9.17, 15) is 8.42 Å². The van der Waals surface area contributed by atoms with Gasteiger partial charge >= 0.3 is 0 Å². The zero-order chi connectivity index (χ0) is 12.0. The van der Waals surface area contributed by atoms with Gasteiger partial charge < -0.3 is 0 Å². The lowest BCUT2D eigenvalue weighted by Crippen LogP contribution is -2.26. The molecule has 88 valence electrons. The first-order valence-corrected chi connectivity index (χ1v) is 6.47. The normalized spacial score (nSPS) is 11.2. The molecule has 0 amide bonds. The van der Waals surface area contributed by atoms with E-state index in [2.05, 4.69) is 15.7 Å². The minimum absolute atomic E-state index is 0.171. The topological polar surface area (TPSA) is 64.0 Å². The highest BCUT2D eigenvalue weighted by atomic mass is 32.2. The SMILES string of the molecule is C#CCCCCNS(=O)(=O)c1ccnn1C. The van der Waals surface area contributed by atoms with Crippen molar-refractivity contribution in [2.45, 2.75) is 24.3 Å². The van der Waals surface area contributed by atoms with Gasteiger partial charge in [0, 0.05) is 20.0 Å². The van der Waals surface area contributed by atoms with Gasteiger partial charge in [0.05, 0.1) is 6.20 Å². The monoisotopic (exact) mass is 241 g/mol. The number of hydrogen-bond donors (Lipinski definition) is 1. The molecule has 0 aliphatic carbocycles. The van der Waals surface area contributed by atoms with Crippen LogP contribution in [0.1, 0.15) is 19.3 Å². The quantitative estimate of drug-likeness (QED) is 0.583. The van der Waals surface area contributed by atoms with Crippen LogP contribution in [0, 0.1) is 12.3 Å². The summed E-state index contributed by atoms with van der Waals surface area (Å²) in [5, 5.41) is 3.98. The molecule has 0 radical (unpaired) electrons. The molecule has 0 aliphatic rings. The second-order valence-electron chi connectivity index (χ2n) is 3.35. The largest absolute Gasteiger partial charge is 0.257 e. The highest BCUT2D eigenvalue weighted by Crippen LogP contribution is 2.05. The maximum absolute atomic E-state index is 11.7. The molecule has 1 aromatic heterocycles. The van der Waals surface area contributed by atoms with Crippen molar-refractivity contribution in [2.24, 2.45) is 7.05 Å². The van der Waals surface area contributed by atoms with Crippen molar-refractivity contribution in [2.75, 3.05) is 6.54 Å². The number of sulfonamides is 1. The Bertz CT molecular complexity index is 470. The Labute approximate surface area is 95.9 Å². The first kappa shape index (κ1) is 12.7. The fourth-order valence-corrected chi connectivity index (χ4v) is 2.45. The number of nitrogens with zero attached hydrogens (tertiary/aromatic N) is 2. The number of nitrogens with one attached hydrogen (secondary N) is 1. The molecule has 0 fully saturated rings. The third kappa shape index (κ3) is 3.36. The standard InChI is InChI=1S/C10H15N3O2S/c1-3-4-5-6-8-12-16(14,15)10-7-9-11-13(10)2/h1,7,9,12H,4-6,8H2,2H3. The maximum atomic E-state index is 11.7. The maximum Gasteiger partial charge on any atom is 0.257 e. The van der Waals surface area contributed by atoms with E-state index in [1.54, 1.807) is 7.05 Å². The average molecular weight is 241 g/mol. The van der Waals surface area contributed by atoms with E-state index in [1.165, 1.54) is 16.9 Å². The van der Waals surface area contributed by atoms with E-state index in [-0.39, 0.29) is 5.03 Å². The molecule has 5 nitrogen and oxygen atoms in total. The molecule has 0 spiro atoms. The third-order valence-corrected chi connectivity index (χ3v) is 3.63. The Balaban J connectivity index is 2.48. The highest BCUT2D eigenvalue weighted by molar-refractivity contribution is 7.89. The molecule has 0 aliphatic heterocycles. The van der Waals surface area contributed by atoms with Crippen molar-refractivity contribution in [3.8, 4) is 12.3 Å². The summed E-state index contributed by atoms with van der Waals surface area (Å²) in [5.74, 6) is 2.51. The van der Waals surface area contributed by atoms with Crippen LogP contribution in [0.3, 0.4) is 0 Å². The van der Waals surface area contributed by atoms with E-state index >= 15 is 0 Å². The first-order chi connectivity index (χ1) is 7.58. The minimum atomic E-state index is -3.44. The predicted octanol–water partition coefficient (Wildman–Crippen LogP) is 0.502. The fraction of sp³-hybridized carbons (Fsp3) is 0.500. The summed E-state index contributed by atoms with van der Waals surface area (Å²) in [4.78, 5) is 0. The van der Waals surface area contributed by atoms with Gasteiger partial charge in [-0.3, -0.25) is 4.68 Å². The molecule has 1 rings (SSSR count). The van der Waals surface area contributed by atoms with Gasteiger partial charge in [-0.05, 0) is 18.9 Å². The van der Waals surface area contributed by atoms with Crippen molar-refractivity contribution >= 4 is 10.0 Å². The second kappa shape index (κ2) is 5.68. The lowest BCUT2D eigenvalue weighted by Gasteiger charge is -2.05. The Morgan fingerprint density at radius 3 is 2.88 bits per heavy atom. The molecule has 6 heteroatoms. The van der Waals surface area contributed by atoms with Crippen LogP contribution in [0.15, 0.2) is 17.3 Å². The lowest BCUT2D eigenvalue weighted by atomic mass is 10.2. The van der Waals surface area contributed by atoms with Gasteiger partial charge in [0.15, 0.2) is 5.03 Å². The van der Waals surface area contributed by atoms with Crippen LogP contribution >= 0.6 is 0 Å². The summed E-state index contributed by atoms with van der Waals surface area (Å²) in [6.07, 6.45) is 8.78. The summed E-state index contributed by atoms with van der Waals surface area (Å²) in [5.41, 5.74) is 0. The second-order valence-corrected chi connectivity index (χ2v) is 5.07. The molecule has 1 aromatic rings.